The van der Waals surface area contributed by atoms with Gasteiger partial charge in [0.2, 0.25) is 5.91 Å². The van der Waals surface area contributed by atoms with Crippen molar-refractivity contribution in [1.29, 1.82) is 0 Å². The van der Waals surface area contributed by atoms with Crippen molar-refractivity contribution in [2.45, 2.75) is 40.3 Å². The normalized spacial score (nSPS) is 16.9. The van der Waals surface area contributed by atoms with Crippen molar-refractivity contribution < 1.29 is 9.53 Å². The Kier molecular flexibility index (Phi) is 5.37. The summed E-state index contributed by atoms with van der Waals surface area (Å²) < 4.78 is 5.29. The molecule has 1 aromatic rings. The first-order chi connectivity index (χ1) is 9.99. The Morgan fingerprint density at radius 2 is 1.81 bits per heavy atom. The third-order valence-corrected chi connectivity index (χ3v) is 4.12. The Morgan fingerprint density at radius 3 is 2.38 bits per heavy atom. The number of aryl methyl sites for hydroxylation is 3. The number of carbonyl (C=O) groups excluding carboxylic acids is 1. The van der Waals surface area contributed by atoms with Crippen LogP contribution in [-0.2, 0) is 16.1 Å². The molecule has 4 heteroatoms. The van der Waals surface area contributed by atoms with E-state index in [4.69, 9.17) is 4.74 Å². The fourth-order valence-electron chi connectivity index (χ4n) is 2.89. The second-order valence-corrected chi connectivity index (χ2v) is 5.92. The van der Waals surface area contributed by atoms with Crippen LogP contribution in [0.25, 0.3) is 0 Å². The molecular weight excluding hydrogens is 264 g/mol. The second-order valence-electron chi connectivity index (χ2n) is 5.92. The van der Waals surface area contributed by atoms with Gasteiger partial charge in [0, 0.05) is 19.6 Å². The van der Waals surface area contributed by atoms with Gasteiger partial charge in [-0.25, -0.2) is 0 Å². The highest BCUT2D eigenvalue weighted by Crippen LogP contribution is 2.16. The zero-order valence-corrected chi connectivity index (χ0v) is 13.5. The molecule has 1 heterocycles. The van der Waals surface area contributed by atoms with E-state index in [1.54, 1.807) is 0 Å². The summed E-state index contributed by atoms with van der Waals surface area (Å²) in [6.07, 6.45) is 0. The third kappa shape index (κ3) is 4.05. The van der Waals surface area contributed by atoms with E-state index in [1.165, 1.54) is 22.3 Å². The minimum Gasteiger partial charge on any atom is -0.378 e. The molecule has 1 aromatic carbocycles. The number of ether oxygens (including phenoxy) is 1. The first kappa shape index (κ1) is 16.0. The van der Waals surface area contributed by atoms with Crippen molar-refractivity contribution in [1.82, 2.24) is 10.2 Å². The Hall–Kier alpha value is -1.39. The van der Waals surface area contributed by atoms with Gasteiger partial charge in [0.1, 0.15) is 0 Å². The van der Waals surface area contributed by atoms with E-state index in [2.05, 4.69) is 38.2 Å². The Labute approximate surface area is 127 Å². The van der Waals surface area contributed by atoms with Crippen LogP contribution in [-0.4, -0.2) is 43.2 Å². The predicted molar refractivity (Wildman–Crippen MR) is 84.4 cm³/mol. The van der Waals surface area contributed by atoms with Gasteiger partial charge in [-0.1, -0.05) is 17.7 Å². The summed E-state index contributed by atoms with van der Waals surface area (Å²) in [4.78, 5) is 14.2. The van der Waals surface area contributed by atoms with Crippen LogP contribution in [0.1, 0.15) is 29.2 Å². The molecule has 1 atom stereocenters. The van der Waals surface area contributed by atoms with Gasteiger partial charge in [0.25, 0.3) is 0 Å². The van der Waals surface area contributed by atoms with Crippen LogP contribution in [0.2, 0.25) is 0 Å². The highest BCUT2D eigenvalue weighted by atomic mass is 16.5. The van der Waals surface area contributed by atoms with Gasteiger partial charge in [-0.2, -0.15) is 0 Å². The molecule has 0 aliphatic carbocycles. The highest BCUT2D eigenvalue weighted by molar-refractivity contribution is 5.81. The maximum Gasteiger partial charge on any atom is 0.239 e. The monoisotopic (exact) mass is 290 g/mol. The largest absolute Gasteiger partial charge is 0.378 e. The molecule has 1 fully saturated rings. The van der Waals surface area contributed by atoms with Crippen LogP contribution >= 0.6 is 0 Å². The molecule has 1 N–H and O–H groups in total. The molecule has 0 radical (unpaired) electrons. The topological polar surface area (TPSA) is 41.6 Å². The first-order valence-corrected chi connectivity index (χ1v) is 7.65. The summed E-state index contributed by atoms with van der Waals surface area (Å²) in [5.74, 6) is 0.167. The zero-order chi connectivity index (χ0) is 15.4. The maximum absolute atomic E-state index is 12.4. The van der Waals surface area contributed by atoms with Gasteiger partial charge < -0.3 is 15.0 Å². The minimum atomic E-state index is -0.164. The number of hydrogen-bond donors (Lipinski definition) is 1. The van der Waals surface area contributed by atoms with Crippen LogP contribution in [0.5, 0.6) is 0 Å². The highest BCUT2D eigenvalue weighted by Gasteiger charge is 2.22. The van der Waals surface area contributed by atoms with E-state index in [0.29, 0.717) is 26.3 Å². The van der Waals surface area contributed by atoms with Gasteiger partial charge in [-0.05, 0) is 44.4 Å². The second kappa shape index (κ2) is 7.05. The number of morpholine rings is 1. The number of nitrogens with one attached hydrogen (secondary N) is 1. The molecule has 21 heavy (non-hydrogen) atoms. The summed E-state index contributed by atoms with van der Waals surface area (Å²) in [6.45, 7) is 11.7. The molecule has 4 nitrogen and oxygen atoms in total. The lowest BCUT2D eigenvalue weighted by Crippen LogP contribution is -2.49. The van der Waals surface area contributed by atoms with Crippen LogP contribution in [0.15, 0.2) is 12.1 Å². The fraction of sp³-hybridized carbons (Fsp3) is 0.588. The van der Waals surface area contributed by atoms with Crippen molar-refractivity contribution in [2.75, 3.05) is 26.3 Å². The molecule has 1 amide bonds. The molecule has 2 rings (SSSR count). The standard InChI is InChI=1S/C17H26N2O2/c1-12-9-13(2)16(14(3)10-12)11-18-15(4)17(20)19-5-7-21-8-6-19/h9-10,15,18H,5-8,11H2,1-4H3. The maximum atomic E-state index is 12.4. The van der Waals surface area contributed by atoms with Crippen LogP contribution < -0.4 is 5.32 Å². The number of carbonyl (C=O) groups is 1. The van der Waals surface area contributed by atoms with E-state index in [1.807, 2.05) is 11.8 Å². The van der Waals surface area contributed by atoms with Gasteiger partial charge >= 0.3 is 0 Å². The average Bonchev–Trinajstić information content (AvgIpc) is 2.46. The van der Waals surface area contributed by atoms with Crippen LogP contribution in [0, 0.1) is 20.8 Å². The lowest BCUT2D eigenvalue weighted by atomic mass is 9.99. The number of hydrogen-bond acceptors (Lipinski definition) is 3. The molecule has 0 saturated carbocycles. The average molecular weight is 290 g/mol. The molecule has 1 aliphatic heterocycles. The Bertz CT molecular complexity index is 485. The number of benzene rings is 1. The molecule has 1 unspecified atom stereocenters. The number of nitrogens with zero attached hydrogens (tertiary/aromatic N) is 1. The Morgan fingerprint density at radius 1 is 1.24 bits per heavy atom. The van der Waals surface area contributed by atoms with Crippen molar-refractivity contribution in [3.05, 3.63) is 34.4 Å². The predicted octanol–water partition coefficient (Wildman–Crippen LogP) is 1.95. The van der Waals surface area contributed by atoms with E-state index >= 15 is 0 Å². The number of amides is 1. The first-order valence-electron chi connectivity index (χ1n) is 7.65. The van der Waals surface area contributed by atoms with E-state index in [9.17, 15) is 4.79 Å². The summed E-state index contributed by atoms with van der Waals surface area (Å²) in [7, 11) is 0. The summed E-state index contributed by atoms with van der Waals surface area (Å²) in [6, 6.07) is 4.22. The zero-order valence-electron chi connectivity index (χ0n) is 13.5. The molecular formula is C17H26N2O2. The van der Waals surface area contributed by atoms with E-state index in [-0.39, 0.29) is 11.9 Å². The number of rotatable bonds is 4. The van der Waals surface area contributed by atoms with Crippen molar-refractivity contribution in [3.63, 3.8) is 0 Å². The van der Waals surface area contributed by atoms with Gasteiger partial charge in [0.15, 0.2) is 0 Å². The molecule has 0 bridgehead atoms. The SMILES string of the molecule is Cc1cc(C)c(CNC(C)C(=O)N2CCOCC2)c(C)c1. The van der Waals surface area contributed by atoms with Gasteiger partial charge in [-0.3, -0.25) is 4.79 Å². The smallest absolute Gasteiger partial charge is 0.239 e. The van der Waals surface area contributed by atoms with E-state index < -0.39 is 0 Å². The van der Waals surface area contributed by atoms with Crippen molar-refractivity contribution >= 4 is 5.91 Å². The molecule has 0 aromatic heterocycles. The van der Waals surface area contributed by atoms with Crippen LogP contribution in [0.4, 0.5) is 0 Å². The van der Waals surface area contributed by atoms with Crippen molar-refractivity contribution in [3.8, 4) is 0 Å². The molecule has 116 valence electrons. The van der Waals surface area contributed by atoms with Crippen LogP contribution in [0.3, 0.4) is 0 Å². The summed E-state index contributed by atoms with van der Waals surface area (Å²) in [5, 5.41) is 3.37. The minimum absolute atomic E-state index is 0.164. The fourth-order valence-corrected chi connectivity index (χ4v) is 2.89. The third-order valence-electron chi connectivity index (χ3n) is 4.12. The summed E-state index contributed by atoms with van der Waals surface area (Å²) in [5.41, 5.74) is 5.14. The van der Waals surface area contributed by atoms with E-state index in [0.717, 1.165) is 6.54 Å². The van der Waals surface area contributed by atoms with Crippen molar-refractivity contribution in [2.24, 2.45) is 0 Å². The molecule has 0 spiro atoms. The van der Waals surface area contributed by atoms with Gasteiger partial charge in [0.05, 0.1) is 19.3 Å². The molecule has 1 saturated heterocycles. The Balaban J connectivity index is 1.94. The lowest BCUT2D eigenvalue weighted by molar-refractivity contribution is -0.137. The van der Waals surface area contributed by atoms with Gasteiger partial charge in [-0.15, -0.1) is 0 Å². The lowest BCUT2D eigenvalue weighted by Gasteiger charge is -2.29. The quantitative estimate of drug-likeness (QED) is 0.921. The molecule has 1 aliphatic rings. The summed E-state index contributed by atoms with van der Waals surface area (Å²) >= 11 is 0.